The summed E-state index contributed by atoms with van der Waals surface area (Å²) in [6, 6.07) is 13.6. The highest BCUT2D eigenvalue weighted by molar-refractivity contribution is 5.67. The predicted octanol–water partition coefficient (Wildman–Crippen LogP) is 5.51. The van der Waals surface area contributed by atoms with Crippen molar-refractivity contribution in [3.8, 4) is 16.9 Å². The van der Waals surface area contributed by atoms with E-state index in [2.05, 4.69) is 4.98 Å². The molecule has 0 spiro atoms. The second-order valence-corrected chi connectivity index (χ2v) is 5.75. The van der Waals surface area contributed by atoms with Crippen LogP contribution in [-0.2, 0) is 12.6 Å². The van der Waals surface area contributed by atoms with E-state index < -0.39 is 17.6 Å². The van der Waals surface area contributed by atoms with Gasteiger partial charge in [-0.2, -0.15) is 13.2 Å². The van der Waals surface area contributed by atoms with Crippen LogP contribution in [-0.4, -0.2) is 12.1 Å². The van der Waals surface area contributed by atoms with Gasteiger partial charge in [0.15, 0.2) is 0 Å². The molecule has 0 fully saturated rings. The average Bonchev–Trinajstić information content (AvgIpc) is 2.62. The lowest BCUT2D eigenvalue weighted by Crippen LogP contribution is -2.08. The standard InChI is InChI=1S/C20H15F4NO/c1-26-17-8-2-13(3-9-17)10-19-18(14-4-6-16(21)7-5-14)11-15(12-25-19)20(22,23)24/h2-9,11-12H,10H2,1H3. The zero-order valence-corrected chi connectivity index (χ0v) is 13.8. The van der Waals surface area contributed by atoms with E-state index in [-0.39, 0.29) is 0 Å². The molecule has 0 aliphatic heterocycles. The first kappa shape index (κ1) is 17.9. The molecule has 0 N–H and O–H groups in total. The molecule has 134 valence electrons. The molecule has 26 heavy (non-hydrogen) atoms. The first-order valence-electron chi connectivity index (χ1n) is 7.82. The molecule has 0 amide bonds. The molecule has 6 heteroatoms. The summed E-state index contributed by atoms with van der Waals surface area (Å²) in [6.07, 6.45) is -3.33. The molecule has 0 unspecified atom stereocenters. The van der Waals surface area contributed by atoms with Gasteiger partial charge in [-0.25, -0.2) is 4.39 Å². The van der Waals surface area contributed by atoms with Crippen molar-refractivity contribution in [2.45, 2.75) is 12.6 Å². The van der Waals surface area contributed by atoms with Crippen LogP contribution in [0.5, 0.6) is 5.75 Å². The Kier molecular flexibility index (Phi) is 4.93. The maximum absolute atomic E-state index is 13.2. The number of nitrogens with zero attached hydrogens (tertiary/aromatic N) is 1. The Morgan fingerprint density at radius 3 is 2.19 bits per heavy atom. The van der Waals surface area contributed by atoms with E-state index in [0.717, 1.165) is 17.8 Å². The fraction of sp³-hybridized carbons (Fsp3) is 0.150. The summed E-state index contributed by atoms with van der Waals surface area (Å²) in [7, 11) is 1.55. The molecule has 1 heterocycles. The summed E-state index contributed by atoms with van der Waals surface area (Å²) in [5.74, 6) is 0.235. The van der Waals surface area contributed by atoms with Gasteiger partial charge >= 0.3 is 6.18 Å². The lowest BCUT2D eigenvalue weighted by atomic mass is 9.98. The number of methoxy groups -OCH3 is 1. The van der Waals surface area contributed by atoms with Gasteiger partial charge in [0, 0.05) is 18.2 Å². The molecule has 0 bridgehead atoms. The van der Waals surface area contributed by atoms with Crippen LogP contribution in [0.15, 0.2) is 60.8 Å². The molecule has 0 aliphatic rings. The van der Waals surface area contributed by atoms with Gasteiger partial charge in [0.2, 0.25) is 0 Å². The van der Waals surface area contributed by atoms with Crippen molar-refractivity contribution >= 4 is 0 Å². The summed E-state index contributed by atoms with van der Waals surface area (Å²) in [5, 5.41) is 0. The van der Waals surface area contributed by atoms with Crippen LogP contribution in [0, 0.1) is 5.82 Å². The molecule has 0 aliphatic carbocycles. The molecular weight excluding hydrogens is 346 g/mol. The minimum atomic E-state index is -4.50. The van der Waals surface area contributed by atoms with Gasteiger partial charge in [-0.1, -0.05) is 24.3 Å². The molecule has 0 atom stereocenters. The largest absolute Gasteiger partial charge is 0.497 e. The minimum Gasteiger partial charge on any atom is -0.497 e. The smallest absolute Gasteiger partial charge is 0.417 e. The first-order chi connectivity index (χ1) is 12.4. The Morgan fingerprint density at radius 1 is 0.962 bits per heavy atom. The van der Waals surface area contributed by atoms with Gasteiger partial charge in [0.25, 0.3) is 0 Å². The third-order valence-electron chi connectivity index (χ3n) is 3.98. The van der Waals surface area contributed by atoms with Crippen LogP contribution in [0.4, 0.5) is 17.6 Å². The number of hydrogen-bond donors (Lipinski definition) is 0. The normalized spacial score (nSPS) is 11.4. The topological polar surface area (TPSA) is 22.1 Å². The molecule has 0 radical (unpaired) electrons. The Labute approximate surface area is 148 Å². The Hall–Kier alpha value is -2.89. The molecule has 2 aromatic carbocycles. The van der Waals surface area contributed by atoms with Gasteiger partial charge in [-0.05, 0) is 41.5 Å². The number of rotatable bonds is 4. The maximum Gasteiger partial charge on any atom is 0.417 e. The van der Waals surface area contributed by atoms with Crippen molar-refractivity contribution in [3.05, 3.63) is 83.4 Å². The van der Waals surface area contributed by atoms with Gasteiger partial charge in [0.05, 0.1) is 18.4 Å². The summed E-state index contributed by atoms with van der Waals surface area (Å²) in [4.78, 5) is 4.04. The second-order valence-electron chi connectivity index (χ2n) is 5.75. The van der Waals surface area contributed by atoms with Crippen molar-refractivity contribution < 1.29 is 22.3 Å². The van der Waals surface area contributed by atoms with Crippen LogP contribution in [0.1, 0.15) is 16.8 Å². The number of ether oxygens (including phenoxy) is 1. The zero-order chi connectivity index (χ0) is 18.7. The van der Waals surface area contributed by atoms with Gasteiger partial charge in [-0.3, -0.25) is 4.98 Å². The van der Waals surface area contributed by atoms with Gasteiger partial charge in [-0.15, -0.1) is 0 Å². The van der Waals surface area contributed by atoms with E-state index in [4.69, 9.17) is 4.74 Å². The number of halogens is 4. The summed E-state index contributed by atoms with van der Waals surface area (Å²) in [6.45, 7) is 0. The highest BCUT2D eigenvalue weighted by Crippen LogP contribution is 2.33. The number of pyridine rings is 1. The SMILES string of the molecule is COc1ccc(Cc2ncc(C(F)(F)F)cc2-c2ccc(F)cc2)cc1. The molecule has 0 saturated heterocycles. The fourth-order valence-electron chi connectivity index (χ4n) is 2.61. The van der Waals surface area contributed by atoms with Crippen LogP contribution in [0.25, 0.3) is 11.1 Å². The van der Waals surface area contributed by atoms with Crippen molar-refractivity contribution in [1.29, 1.82) is 0 Å². The molecule has 2 nitrogen and oxygen atoms in total. The molecule has 3 rings (SSSR count). The monoisotopic (exact) mass is 361 g/mol. The van der Waals surface area contributed by atoms with E-state index in [9.17, 15) is 17.6 Å². The molecular formula is C20H15F4NO. The predicted molar refractivity (Wildman–Crippen MR) is 90.4 cm³/mol. The summed E-state index contributed by atoms with van der Waals surface area (Å²) >= 11 is 0. The van der Waals surface area contributed by atoms with Gasteiger partial charge in [0.1, 0.15) is 11.6 Å². The van der Waals surface area contributed by atoms with Crippen molar-refractivity contribution in [2.24, 2.45) is 0 Å². The van der Waals surface area contributed by atoms with Crippen LogP contribution in [0.3, 0.4) is 0 Å². The Bertz CT molecular complexity index is 887. The fourth-order valence-corrected chi connectivity index (χ4v) is 2.61. The van der Waals surface area contributed by atoms with E-state index in [1.165, 1.54) is 24.3 Å². The second kappa shape index (κ2) is 7.15. The molecule has 1 aromatic heterocycles. The molecule has 0 saturated carbocycles. The van der Waals surface area contributed by atoms with Gasteiger partial charge < -0.3 is 4.74 Å². The highest BCUT2D eigenvalue weighted by Gasteiger charge is 2.31. The maximum atomic E-state index is 13.2. The van der Waals surface area contributed by atoms with Crippen molar-refractivity contribution in [3.63, 3.8) is 0 Å². The third-order valence-corrected chi connectivity index (χ3v) is 3.98. The Balaban J connectivity index is 2.03. The van der Waals surface area contributed by atoms with E-state index in [1.54, 1.807) is 19.2 Å². The van der Waals surface area contributed by atoms with Crippen molar-refractivity contribution in [1.82, 2.24) is 4.98 Å². The Morgan fingerprint density at radius 2 is 1.62 bits per heavy atom. The van der Waals surface area contributed by atoms with E-state index >= 15 is 0 Å². The van der Waals surface area contributed by atoms with E-state index in [0.29, 0.717) is 29.0 Å². The first-order valence-corrected chi connectivity index (χ1v) is 7.82. The average molecular weight is 361 g/mol. The highest BCUT2D eigenvalue weighted by atomic mass is 19.4. The zero-order valence-electron chi connectivity index (χ0n) is 13.8. The number of alkyl halides is 3. The van der Waals surface area contributed by atoms with Crippen LogP contribution in [0.2, 0.25) is 0 Å². The lowest BCUT2D eigenvalue weighted by Gasteiger charge is -2.13. The quantitative estimate of drug-likeness (QED) is 0.572. The number of hydrogen-bond acceptors (Lipinski definition) is 2. The minimum absolute atomic E-state index is 0.329. The lowest BCUT2D eigenvalue weighted by molar-refractivity contribution is -0.137. The van der Waals surface area contributed by atoms with E-state index in [1.807, 2.05) is 12.1 Å². The third kappa shape index (κ3) is 4.02. The number of benzene rings is 2. The molecule has 3 aromatic rings. The summed E-state index contributed by atoms with van der Waals surface area (Å²) in [5.41, 5.74) is 1.33. The van der Waals surface area contributed by atoms with Crippen molar-refractivity contribution in [2.75, 3.05) is 7.11 Å². The summed E-state index contributed by atoms with van der Waals surface area (Å²) < 4.78 is 57.5. The van der Waals surface area contributed by atoms with Crippen LogP contribution >= 0.6 is 0 Å². The van der Waals surface area contributed by atoms with Crippen LogP contribution < -0.4 is 4.74 Å². The number of aromatic nitrogens is 1.